The summed E-state index contributed by atoms with van der Waals surface area (Å²) in [4.78, 5) is 21.4. The van der Waals surface area contributed by atoms with E-state index in [1.165, 1.54) is 31.2 Å². The van der Waals surface area contributed by atoms with Gasteiger partial charge in [0.05, 0.1) is 45.6 Å². The lowest BCUT2D eigenvalue weighted by molar-refractivity contribution is -0.137. The maximum absolute atomic E-state index is 14.4. The molecule has 47 heavy (non-hydrogen) atoms. The summed E-state index contributed by atoms with van der Waals surface area (Å²) >= 11 is 0. The Labute approximate surface area is 272 Å². The molecule has 3 aromatic carbocycles. The third kappa shape index (κ3) is 8.01. The van der Waals surface area contributed by atoms with Gasteiger partial charge in [-0.1, -0.05) is 49.4 Å². The summed E-state index contributed by atoms with van der Waals surface area (Å²) in [5.74, 6) is -0.630. The first-order chi connectivity index (χ1) is 22.4. The van der Waals surface area contributed by atoms with E-state index in [9.17, 15) is 31.5 Å². The van der Waals surface area contributed by atoms with Gasteiger partial charge in [-0.3, -0.25) is 9.69 Å². The zero-order chi connectivity index (χ0) is 33.8. The minimum atomic E-state index is -4.59. The van der Waals surface area contributed by atoms with Gasteiger partial charge >= 0.3 is 6.18 Å². The van der Waals surface area contributed by atoms with E-state index in [0.717, 1.165) is 30.5 Å². The Morgan fingerprint density at radius 2 is 1.77 bits per heavy atom. The second kappa shape index (κ2) is 14.5. The van der Waals surface area contributed by atoms with Crippen molar-refractivity contribution in [1.82, 2.24) is 20.5 Å². The molecule has 0 saturated carbocycles. The molecule has 1 aliphatic rings. The summed E-state index contributed by atoms with van der Waals surface area (Å²) in [6.45, 7) is 5.35. The molecule has 0 aliphatic carbocycles. The number of amides is 1. The minimum Gasteiger partial charge on any atom is -0.395 e. The highest BCUT2D eigenvalue weighted by Gasteiger charge is 2.32. The van der Waals surface area contributed by atoms with E-state index in [1.807, 2.05) is 37.3 Å². The van der Waals surface area contributed by atoms with Crippen molar-refractivity contribution in [2.75, 3.05) is 32.0 Å². The van der Waals surface area contributed by atoms with Crippen LogP contribution in [0.3, 0.4) is 0 Å². The number of benzene rings is 3. The number of hydrogen-bond acceptors (Lipinski definition) is 7. The van der Waals surface area contributed by atoms with Crippen molar-refractivity contribution in [2.45, 2.75) is 56.4 Å². The number of aromatic nitrogens is 1. The summed E-state index contributed by atoms with van der Waals surface area (Å²) in [5.41, 5.74) is 1.33. The summed E-state index contributed by atoms with van der Waals surface area (Å²) in [6, 6.07) is 18.4. The van der Waals surface area contributed by atoms with Gasteiger partial charge in [0.15, 0.2) is 9.84 Å². The zero-order valence-electron chi connectivity index (χ0n) is 26.3. The number of likely N-dealkylation sites (tertiary alicyclic amines) is 1. The molecule has 0 spiro atoms. The first-order valence-corrected chi connectivity index (χ1v) is 17.4. The third-order valence-corrected chi connectivity index (χ3v) is 10.4. The summed E-state index contributed by atoms with van der Waals surface area (Å²) in [6.07, 6.45) is -3.05. The maximum Gasteiger partial charge on any atom is 0.416 e. The van der Waals surface area contributed by atoms with Gasteiger partial charge in [0, 0.05) is 35.6 Å². The fourth-order valence-electron chi connectivity index (χ4n) is 6.02. The lowest BCUT2D eigenvalue weighted by Gasteiger charge is -2.33. The van der Waals surface area contributed by atoms with E-state index in [4.69, 9.17) is 4.98 Å². The average molecular weight is 669 g/mol. The molecule has 250 valence electrons. The number of nitrogens with zero attached hydrogens (tertiary/aromatic N) is 2. The van der Waals surface area contributed by atoms with Gasteiger partial charge in [-0.05, 0) is 68.8 Å². The van der Waals surface area contributed by atoms with Gasteiger partial charge in [0.25, 0.3) is 5.91 Å². The lowest BCUT2D eigenvalue weighted by Crippen LogP contribution is -2.43. The number of alkyl halides is 3. The molecule has 1 amide bonds. The number of aliphatic hydroxyl groups is 1. The number of halogens is 3. The Bertz CT molecular complexity index is 1830. The molecular weight excluding hydrogens is 629 g/mol. The number of fused-ring (bicyclic) bond motifs is 1. The standard InChI is InChI=1S/C35H39F3N4O4S/c1-3-47(45,46)28-12-13-31-29(21-28)32(34(44)40-23(2)24-8-5-4-6-9-24)30(22-42-17-14-27(15-18-42)39-16-19-43)33(41-31)25-10-7-11-26(20-25)35(36,37)38/h4-13,20-21,23,27,39,43H,3,14-19,22H2,1-2H3,(H,40,44). The second-order valence-electron chi connectivity index (χ2n) is 11.8. The highest BCUT2D eigenvalue weighted by molar-refractivity contribution is 7.91. The molecule has 3 N–H and O–H groups in total. The van der Waals surface area contributed by atoms with Crippen molar-refractivity contribution in [1.29, 1.82) is 0 Å². The summed E-state index contributed by atoms with van der Waals surface area (Å²) < 4.78 is 67.5. The minimum absolute atomic E-state index is 0.0267. The zero-order valence-corrected chi connectivity index (χ0v) is 27.2. The van der Waals surface area contributed by atoms with E-state index >= 15 is 0 Å². The van der Waals surface area contributed by atoms with E-state index in [1.54, 1.807) is 6.07 Å². The van der Waals surface area contributed by atoms with E-state index in [0.29, 0.717) is 36.1 Å². The normalized spacial score (nSPS) is 15.5. The van der Waals surface area contributed by atoms with Crippen molar-refractivity contribution in [3.63, 3.8) is 0 Å². The van der Waals surface area contributed by atoms with Crippen LogP contribution in [0.4, 0.5) is 13.2 Å². The summed E-state index contributed by atoms with van der Waals surface area (Å²) in [7, 11) is -3.66. The number of carbonyl (C=O) groups excluding carboxylic acids is 1. The molecule has 0 radical (unpaired) electrons. The van der Waals surface area contributed by atoms with Gasteiger partial charge in [0.1, 0.15) is 0 Å². The third-order valence-electron chi connectivity index (χ3n) is 8.65. The monoisotopic (exact) mass is 668 g/mol. The number of pyridine rings is 1. The number of carbonyl (C=O) groups is 1. The molecule has 2 heterocycles. The van der Waals surface area contributed by atoms with Crippen LogP contribution in [0.1, 0.15) is 59.8 Å². The Hall–Kier alpha value is -3.84. The molecule has 5 rings (SSSR count). The highest BCUT2D eigenvalue weighted by atomic mass is 32.2. The van der Waals surface area contributed by atoms with Crippen LogP contribution in [0, 0.1) is 0 Å². The molecule has 4 aromatic rings. The number of piperidine rings is 1. The van der Waals surface area contributed by atoms with E-state index in [-0.39, 0.29) is 46.7 Å². The lowest BCUT2D eigenvalue weighted by atomic mass is 9.93. The number of hydrogen-bond donors (Lipinski definition) is 3. The molecule has 1 aromatic heterocycles. The second-order valence-corrected chi connectivity index (χ2v) is 14.1. The predicted molar refractivity (Wildman–Crippen MR) is 176 cm³/mol. The highest BCUT2D eigenvalue weighted by Crippen LogP contribution is 2.37. The van der Waals surface area contributed by atoms with Crippen LogP contribution in [0.25, 0.3) is 22.2 Å². The van der Waals surface area contributed by atoms with Crippen molar-refractivity contribution in [2.24, 2.45) is 0 Å². The predicted octanol–water partition coefficient (Wildman–Crippen LogP) is 5.75. The van der Waals surface area contributed by atoms with E-state index < -0.39 is 33.5 Å². The van der Waals surface area contributed by atoms with Gasteiger partial charge in [0.2, 0.25) is 0 Å². The van der Waals surface area contributed by atoms with Crippen LogP contribution < -0.4 is 10.6 Å². The van der Waals surface area contributed by atoms with E-state index in [2.05, 4.69) is 15.5 Å². The van der Waals surface area contributed by atoms with Gasteiger partial charge in [-0.25, -0.2) is 13.4 Å². The molecule has 1 atom stereocenters. The number of rotatable bonds is 11. The number of sulfone groups is 1. The Morgan fingerprint density at radius 3 is 2.43 bits per heavy atom. The SMILES string of the molecule is CCS(=O)(=O)c1ccc2nc(-c3cccc(C(F)(F)F)c3)c(CN3CCC(NCCO)CC3)c(C(=O)NC(C)c3ccccc3)c2c1. The number of aliphatic hydroxyl groups excluding tert-OH is 1. The Kier molecular flexibility index (Phi) is 10.6. The molecule has 1 unspecified atom stereocenters. The fraction of sp³-hybridized carbons (Fsp3) is 0.371. The van der Waals surface area contributed by atoms with Crippen LogP contribution in [-0.2, 0) is 22.6 Å². The molecule has 1 fully saturated rings. The van der Waals surface area contributed by atoms with Crippen LogP contribution in [0.15, 0.2) is 77.7 Å². The molecule has 12 heteroatoms. The fourth-order valence-corrected chi connectivity index (χ4v) is 6.92. The molecular formula is C35H39F3N4O4S. The number of nitrogens with one attached hydrogen (secondary N) is 2. The first-order valence-electron chi connectivity index (χ1n) is 15.7. The van der Waals surface area contributed by atoms with Crippen molar-refractivity contribution < 1.29 is 31.5 Å². The van der Waals surface area contributed by atoms with Crippen molar-refractivity contribution in [3.05, 3.63) is 95.1 Å². The smallest absolute Gasteiger partial charge is 0.395 e. The quantitative estimate of drug-likeness (QED) is 0.187. The molecule has 0 bridgehead atoms. The summed E-state index contributed by atoms with van der Waals surface area (Å²) in [5, 5.41) is 15.9. The van der Waals surface area contributed by atoms with Gasteiger partial charge in [-0.2, -0.15) is 13.2 Å². The molecule has 8 nitrogen and oxygen atoms in total. The Balaban J connectivity index is 1.70. The van der Waals surface area contributed by atoms with Crippen LogP contribution in [0.5, 0.6) is 0 Å². The first kappa shape index (κ1) is 34.5. The van der Waals surface area contributed by atoms with Crippen molar-refractivity contribution in [3.8, 4) is 11.3 Å². The van der Waals surface area contributed by atoms with Crippen LogP contribution in [0.2, 0.25) is 0 Å². The van der Waals surface area contributed by atoms with Crippen molar-refractivity contribution >= 4 is 26.6 Å². The molecule has 1 saturated heterocycles. The van der Waals surface area contributed by atoms with Gasteiger partial charge in [-0.15, -0.1) is 0 Å². The molecule has 1 aliphatic heterocycles. The maximum atomic E-state index is 14.4. The van der Waals surface area contributed by atoms with Crippen LogP contribution in [-0.4, -0.2) is 67.4 Å². The Morgan fingerprint density at radius 1 is 1.04 bits per heavy atom. The largest absolute Gasteiger partial charge is 0.416 e. The topological polar surface area (TPSA) is 112 Å². The van der Waals surface area contributed by atoms with Crippen LogP contribution >= 0.6 is 0 Å². The van der Waals surface area contributed by atoms with Gasteiger partial charge < -0.3 is 15.7 Å². The average Bonchev–Trinajstić information content (AvgIpc) is 3.07.